The van der Waals surface area contributed by atoms with E-state index in [0.29, 0.717) is 29.6 Å². The summed E-state index contributed by atoms with van der Waals surface area (Å²) in [7, 11) is 0. The summed E-state index contributed by atoms with van der Waals surface area (Å²) in [5.74, 6) is 2.55. The highest BCUT2D eigenvalue weighted by Crippen LogP contribution is 2.26. The van der Waals surface area contributed by atoms with E-state index in [1.165, 1.54) is 11.8 Å². The van der Waals surface area contributed by atoms with E-state index in [2.05, 4.69) is 37.2 Å². The number of aryl methyl sites for hydroxylation is 1. The standard InChI is InChI=1S/C23H28N6O2S/c1-3-28-10-12-29(13-11-28)21-9-8-18(14-24-21)15-25-23(30)19-6-4-5-7-20(19)32-16-22-26-17(2)27-31-22/h4-9,14H,3,10-13,15-16H2,1-2H3,(H,25,30). The molecular formula is C23H28N6O2S. The van der Waals surface area contributed by atoms with Gasteiger partial charge in [-0.25, -0.2) is 4.98 Å². The van der Waals surface area contributed by atoms with Crippen molar-refractivity contribution >= 4 is 23.5 Å². The Hall–Kier alpha value is -2.91. The number of carbonyl (C=O) groups excluding carboxylic acids is 1. The molecule has 4 rings (SSSR count). The first-order chi connectivity index (χ1) is 15.6. The van der Waals surface area contributed by atoms with Crippen molar-refractivity contribution in [3.63, 3.8) is 0 Å². The summed E-state index contributed by atoms with van der Waals surface area (Å²) in [5.41, 5.74) is 1.60. The van der Waals surface area contributed by atoms with Crippen molar-refractivity contribution in [3.8, 4) is 0 Å². The molecule has 0 aliphatic carbocycles. The van der Waals surface area contributed by atoms with E-state index in [9.17, 15) is 4.79 Å². The summed E-state index contributed by atoms with van der Waals surface area (Å²) < 4.78 is 5.16. The number of likely N-dealkylation sites (N-methyl/N-ethyl adjacent to an activating group) is 1. The van der Waals surface area contributed by atoms with Crippen LogP contribution in [0, 0.1) is 6.92 Å². The van der Waals surface area contributed by atoms with Crippen LogP contribution in [-0.2, 0) is 12.3 Å². The van der Waals surface area contributed by atoms with Crippen molar-refractivity contribution < 1.29 is 9.32 Å². The van der Waals surface area contributed by atoms with Crippen LogP contribution in [0.4, 0.5) is 5.82 Å². The van der Waals surface area contributed by atoms with Crippen molar-refractivity contribution in [2.75, 3.05) is 37.6 Å². The predicted molar refractivity (Wildman–Crippen MR) is 125 cm³/mol. The van der Waals surface area contributed by atoms with Crippen LogP contribution in [-0.4, -0.2) is 58.7 Å². The average molecular weight is 453 g/mol. The van der Waals surface area contributed by atoms with Gasteiger partial charge in [0, 0.05) is 43.8 Å². The molecule has 1 saturated heterocycles. The lowest BCUT2D eigenvalue weighted by molar-refractivity contribution is 0.0948. The zero-order valence-corrected chi connectivity index (χ0v) is 19.3. The zero-order chi connectivity index (χ0) is 22.3. The number of amides is 1. The maximum atomic E-state index is 12.8. The minimum atomic E-state index is -0.116. The predicted octanol–water partition coefficient (Wildman–Crippen LogP) is 3.14. The maximum absolute atomic E-state index is 12.8. The molecule has 0 unspecified atom stereocenters. The molecule has 32 heavy (non-hydrogen) atoms. The van der Waals surface area contributed by atoms with Crippen LogP contribution in [0.25, 0.3) is 0 Å². The molecule has 0 bridgehead atoms. The molecule has 0 saturated carbocycles. The van der Waals surface area contributed by atoms with Gasteiger partial charge in [-0.15, -0.1) is 11.8 Å². The number of benzene rings is 1. The molecule has 0 radical (unpaired) electrons. The average Bonchev–Trinajstić information content (AvgIpc) is 3.27. The first kappa shape index (κ1) is 22.3. The Balaban J connectivity index is 1.32. The van der Waals surface area contributed by atoms with E-state index in [4.69, 9.17) is 4.52 Å². The molecule has 1 aliphatic rings. The van der Waals surface area contributed by atoms with Crippen molar-refractivity contribution in [2.45, 2.75) is 31.0 Å². The third kappa shape index (κ3) is 5.66. The van der Waals surface area contributed by atoms with Gasteiger partial charge in [-0.1, -0.05) is 30.3 Å². The van der Waals surface area contributed by atoms with Crippen LogP contribution in [0.3, 0.4) is 0 Å². The van der Waals surface area contributed by atoms with Gasteiger partial charge in [-0.2, -0.15) is 4.98 Å². The van der Waals surface area contributed by atoms with E-state index >= 15 is 0 Å². The number of hydrogen-bond acceptors (Lipinski definition) is 8. The molecule has 1 N–H and O–H groups in total. The van der Waals surface area contributed by atoms with E-state index < -0.39 is 0 Å². The van der Waals surface area contributed by atoms with Gasteiger partial charge >= 0.3 is 0 Å². The van der Waals surface area contributed by atoms with Gasteiger partial charge in [-0.3, -0.25) is 4.79 Å². The second-order valence-electron chi connectivity index (χ2n) is 7.65. The molecule has 0 spiro atoms. The van der Waals surface area contributed by atoms with Crippen LogP contribution in [0.5, 0.6) is 0 Å². The van der Waals surface area contributed by atoms with Gasteiger partial charge in [0.05, 0.1) is 11.3 Å². The fourth-order valence-corrected chi connectivity index (χ4v) is 4.48. The lowest BCUT2D eigenvalue weighted by Gasteiger charge is -2.34. The Morgan fingerprint density at radius 3 is 2.66 bits per heavy atom. The SMILES string of the molecule is CCN1CCN(c2ccc(CNC(=O)c3ccccc3SCc3nc(C)no3)cn2)CC1. The number of pyridine rings is 1. The molecule has 1 aromatic carbocycles. The molecule has 1 amide bonds. The van der Waals surface area contributed by atoms with Gasteiger partial charge in [0.2, 0.25) is 5.89 Å². The van der Waals surface area contributed by atoms with Gasteiger partial charge in [0.15, 0.2) is 5.82 Å². The van der Waals surface area contributed by atoms with Gasteiger partial charge in [0.1, 0.15) is 5.82 Å². The molecule has 3 heterocycles. The number of nitrogens with one attached hydrogen (secondary N) is 1. The summed E-state index contributed by atoms with van der Waals surface area (Å²) in [6.07, 6.45) is 1.85. The molecule has 0 atom stereocenters. The largest absolute Gasteiger partial charge is 0.354 e. The Bertz CT molecular complexity index is 1030. The number of thioether (sulfide) groups is 1. The second kappa shape index (κ2) is 10.6. The molecule has 2 aromatic heterocycles. The molecule has 3 aromatic rings. The molecular weight excluding hydrogens is 424 g/mol. The number of aromatic nitrogens is 3. The highest BCUT2D eigenvalue weighted by atomic mass is 32.2. The summed E-state index contributed by atoms with van der Waals surface area (Å²) >= 11 is 1.50. The van der Waals surface area contributed by atoms with Gasteiger partial charge < -0.3 is 19.6 Å². The third-order valence-corrected chi connectivity index (χ3v) is 6.52. The highest BCUT2D eigenvalue weighted by molar-refractivity contribution is 7.98. The first-order valence-corrected chi connectivity index (χ1v) is 11.8. The number of carbonyl (C=O) groups is 1. The molecule has 168 valence electrons. The van der Waals surface area contributed by atoms with Crippen molar-refractivity contribution in [3.05, 3.63) is 65.4 Å². The topological polar surface area (TPSA) is 87.4 Å². The van der Waals surface area contributed by atoms with E-state index in [-0.39, 0.29) is 5.91 Å². The van der Waals surface area contributed by atoms with E-state index in [0.717, 1.165) is 49.0 Å². The fourth-order valence-electron chi connectivity index (χ4n) is 3.60. The quantitative estimate of drug-likeness (QED) is 0.522. The van der Waals surface area contributed by atoms with Crippen LogP contribution < -0.4 is 10.2 Å². The third-order valence-electron chi connectivity index (χ3n) is 5.46. The Kier molecular flexibility index (Phi) is 7.39. The lowest BCUT2D eigenvalue weighted by atomic mass is 10.2. The molecule has 1 fully saturated rings. The Morgan fingerprint density at radius 2 is 1.97 bits per heavy atom. The minimum Gasteiger partial charge on any atom is -0.354 e. The van der Waals surface area contributed by atoms with Crippen LogP contribution in [0.15, 0.2) is 52.0 Å². The lowest BCUT2D eigenvalue weighted by Crippen LogP contribution is -2.46. The number of piperazine rings is 1. The molecule has 9 heteroatoms. The van der Waals surface area contributed by atoms with Crippen molar-refractivity contribution in [2.24, 2.45) is 0 Å². The van der Waals surface area contributed by atoms with Crippen LogP contribution in [0.2, 0.25) is 0 Å². The number of nitrogens with zero attached hydrogens (tertiary/aromatic N) is 5. The molecule has 8 nitrogen and oxygen atoms in total. The number of anilines is 1. The first-order valence-electron chi connectivity index (χ1n) is 10.8. The maximum Gasteiger partial charge on any atom is 0.252 e. The second-order valence-corrected chi connectivity index (χ2v) is 8.67. The number of hydrogen-bond donors (Lipinski definition) is 1. The summed E-state index contributed by atoms with van der Waals surface area (Å²) in [4.78, 5) is 27.3. The highest BCUT2D eigenvalue weighted by Gasteiger charge is 2.17. The van der Waals surface area contributed by atoms with Gasteiger partial charge in [0.25, 0.3) is 5.91 Å². The Labute approximate surface area is 192 Å². The van der Waals surface area contributed by atoms with Crippen LogP contribution >= 0.6 is 11.8 Å². The normalized spacial score (nSPS) is 14.5. The fraction of sp³-hybridized carbons (Fsp3) is 0.391. The van der Waals surface area contributed by atoms with Crippen LogP contribution in [0.1, 0.15) is 34.6 Å². The van der Waals surface area contributed by atoms with E-state index in [1.54, 1.807) is 6.92 Å². The number of rotatable bonds is 8. The smallest absolute Gasteiger partial charge is 0.252 e. The van der Waals surface area contributed by atoms with E-state index in [1.807, 2.05) is 42.6 Å². The van der Waals surface area contributed by atoms with Crippen molar-refractivity contribution in [1.29, 1.82) is 0 Å². The monoisotopic (exact) mass is 452 g/mol. The summed E-state index contributed by atoms with van der Waals surface area (Å²) in [6.45, 7) is 9.63. The van der Waals surface area contributed by atoms with Crippen molar-refractivity contribution in [1.82, 2.24) is 25.3 Å². The van der Waals surface area contributed by atoms with Gasteiger partial charge in [-0.05, 0) is 37.2 Å². The summed E-state index contributed by atoms with van der Waals surface area (Å²) in [5, 5.41) is 6.81. The zero-order valence-electron chi connectivity index (χ0n) is 18.5. The molecule has 1 aliphatic heterocycles. The Morgan fingerprint density at radius 1 is 1.16 bits per heavy atom. The summed E-state index contributed by atoms with van der Waals surface area (Å²) in [6, 6.07) is 11.6. The minimum absolute atomic E-state index is 0.116.